The van der Waals surface area contributed by atoms with Gasteiger partial charge in [0.05, 0.1) is 11.2 Å². The predicted octanol–water partition coefficient (Wildman–Crippen LogP) is 5.08. The molecule has 0 radical (unpaired) electrons. The first kappa shape index (κ1) is 14.6. The molecule has 0 aliphatic carbocycles. The molecule has 1 aromatic heterocycles. The van der Waals surface area contributed by atoms with Gasteiger partial charge >= 0.3 is 0 Å². The molecule has 1 aliphatic heterocycles. The lowest BCUT2D eigenvalue weighted by atomic mass is 10.0. The maximum Gasteiger partial charge on any atom is 0.0697 e. The highest BCUT2D eigenvalue weighted by molar-refractivity contribution is 6.32. The highest BCUT2D eigenvalue weighted by Crippen LogP contribution is 2.35. The summed E-state index contributed by atoms with van der Waals surface area (Å²) in [4.78, 5) is 3.42. The van der Waals surface area contributed by atoms with Crippen LogP contribution in [0.15, 0.2) is 48.7 Å². The number of halogens is 1. The van der Waals surface area contributed by atoms with Gasteiger partial charge in [0, 0.05) is 41.4 Å². The van der Waals surface area contributed by atoms with Crippen molar-refractivity contribution in [3.05, 3.63) is 53.7 Å². The highest BCUT2D eigenvalue weighted by atomic mass is 35.5. The van der Waals surface area contributed by atoms with E-state index in [1.165, 1.54) is 11.1 Å². The Morgan fingerprint density at radius 3 is 2.65 bits per heavy atom. The van der Waals surface area contributed by atoms with E-state index in [1.807, 2.05) is 18.2 Å². The fourth-order valence-electron chi connectivity index (χ4n) is 3.23. The second-order valence-corrected chi connectivity index (χ2v) is 6.41. The minimum Gasteiger partial charge on any atom is -0.381 e. The lowest BCUT2D eigenvalue weighted by molar-refractivity contribution is 0.0905. The first-order valence-electron chi connectivity index (χ1n) is 8.01. The van der Waals surface area contributed by atoms with Crippen LogP contribution in [0.1, 0.15) is 12.8 Å². The third-order valence-electron chi connectivity index (χ3n) is 4.42. The summed E-state index contributed by atoms with van der Waals surface area (Å²) < 4.78 is 5.44. The van der Waals surface area contributed by atoms with Gasteiger partial charge in [-0.05, 0) is 30.5 Å². The Balaban J connectivity index is 1.75. The summed E-state index contributed by atoms with van der Waals surface area (Å²) in [5, 5.41) is 5.54. The van der Waals surface area contributed by atoms with Crippen LogP contribution >= 0.6 is 11.6 Å². The van der Waals surface area contributed by atoms with E-state index in [9.17, 15) is 0 Å². The zero-order valence-electron chi connectivity index (χ0n) is 12.8. The molecule has 118 valence electrons. The van der Waals surface area contributed by atoms with Crippen molar-refractivity contribution in [3.8, 4) is 11.1 Å². The minimum absolute atomic E-state index is 0.439. The van der Waals surface area contributed by atoms with Crippen LogP contribution in [0.2, 0.25) is 5.02 Å². The molecule has 1 aliphatic rings. The first-order valence-corrected chi connectivity index (χ1v) is 8.39. The van der Waals surface area contributed by atoms with Crippen LogP contribution < -0.4 is 5.32 Å². The van der Waals surface area contributed by atoms with Crippen LogP contribution in [0.5, 0.6) is 0 Å². The Morgan fingerprint density at radius 1 is 1.09 bits per heavy atom. The Hall–Kier alpha value is -1.97. The van der Waals surface area contributed by atoms with Gasteiger partial charge in [-0.15, -0.1) is 0 Å². The van der Waals surface area contributed by atoms with Gasteiger partial charge in [0.1, 0.15) is 0 Å². The molecule has 2 N–H and O–H groups in total. The molecule has 2 aromatic carbocycles. The van der Waals surface area contributed by atoms with Crippen molar-refractivity contribution in [3.63, 3.8) is 0 Å². The van der Waals surface area contributed by atoms with Gasteiger partial charge in [0.2, 0.25) is 0 Å². The third-order valence-corrected chi connectivity index (χ3v) is 4.64. The van der Waals surface area contributed by atoms with E-state index >= 15 is 0 Å². The Kier molecular flexibility index (Phi) is 3.98. The lowest BCUT2D eigenvalue weighted by Crippen LogP contribution is -2.27. The summed E-state index contributed by atoms with van der Waals surface area (Å²) in [6.07, 6.45) is 4.12. The number of benzene rings is 2. The molecule has 0 saturated carbocycles. The topological polar surface area (TPSA) is 37.0 Å². The zero-order valence-corrected chi connectivity index (χ0v) is 13.6. The van der Waals surface area contributed by atoms with E-state index < -0.39 is 0 Å². The number of nitrogens with one attached hydrogen (secondary N) is 2. The number of aromatic nitrogens is 1. The van der Waals surface area contributed by atoms with Crippen LogP contribution in [-0.2, 0) is 4.74 Å². The second kappa shape index (κ2) is 6.26. The summed E-state index contributed by atoms with van der Waals surface area (Å²) in [6.45, 7) is 1.64. The molecule has 0 atom stereocenters. The number of H-pyrrole nitrogens is 1. The van der Waals surface area contributed by atoms with E-state index in [1.54, 1.807) is 0 Å². The number of hydrogen-bond donors (Lipinski definition) is 2. The number of anilines is 1. The average Bonchev–Trinajstić information content (AvgIpc) is 3.00. The third kappa shape index (κ3) is 2.94. The summed E-state index contributed by atoms with van der Waals surface area (Å²) in [5.41, 5.74) is 4.55. The number of hydrogen-bond acceptors (Lipinski definition) is 2. The van der Waals surface area contributed by atoms with Crippen LogP contribution in [0.25, 0.3) is 22.0 Å². The van der Waals surface area contributed by atoms with Gasteiger partial charge in [-0.2, -0.15) is 0 Å². The first-order chi connectivity index (χ1) is 11.3. The highest BCUT2D eigenvalue weighted by Gasteiger charge is 2.16. The van der Waals surface area contributed by atoms with Crippen LogP contribution in [0.4, 0.5) is 5.69 Å². The van der Waals surface area contributed by atoms with Crippen molar-refractivity contribution in [2.75, 3.05) is 18.5 Å². The fourth-order valence-corrected chi connectivity index (χ4v) is 3.45. The van der Waals surface area contributed by atoms with Crippen LogP contribution in [0, 0.1) is 0 Å². The Morgan fingerprint density at radius 2 is 1.87 bits per heavy atom. The summed E-state index contributed by atoms with van der Waals surface area (Å²) in [5.74, 6) is 0. The van der Waals surface area contributed by atoms with E-state index in [-0.39, 0.29) is 0 Å². The van der Waals surface area contributed by atoms with Gasteiger partial charge in [-0.3, -0.25) is 0 Å². The monoisotopic (exact) mass is 326 g/mol. The van der Waals surface area contributed by atoms with E-state index in [2.05, 4.69) is 40.8 Å². The zero-order chi connectivity index (χ0) is 15.6. The maximum atomic E-state index is 6.38. The van der Waals surface area contributed by atoms with Gasteiger partial charge in [-0.1, -0.05) is 41.9 Å². The summed E-state index contributed by atoms with van der Waals surface area (Å²) >= 11 is 6.38. The van der Waals surface area contributed by atoms with Crippen molar-refractivity contribution < 1.29 is 4.74 Å². The molecule has 23 heavy (non-hydrogen) atoms. The molecule has 1 saturated heterocycles. The quantitative estimate of drug-likeness (QED) is 0.704. The lowest BCUT2D eigenvalue weighted by Gasteiger charge is -2.24. The smallest absolute Gasteiger partial charge is 0.0697 e. The van der Waals surface area contributed by atoms with E-state index in [4.69, 9.17) is 16.3 Å². The standard InChI is InChI=1S/C19H19ClN2O/c20-14-10-16-17(13-4-2-1-3-5-13)12-21-19(16)18(11-14)22-15-6-8-23-9-7-15/h1-5,10-12,15,21-22H,6-9H2. The normalized spacial score (nSPS) is 15.9. The molecule has 0 unspecified atom stereocenters. The molecular weight excluding hydrogens is 308 g/mol. The van der Waals surface area contributed by atoms with Crippen molar-refractivity contribution in [2.45, 2.75) is 18.9 Å². The van der Waals surface area contributed by atoms with Gasteiger partial charge < -0.3 is 15.0 Å². The molecule has 3 aromatic rings. The van der Waals surface area contributed by atoms with Crippen LogP contribution in [0.3, 0.4) is 0 Å². The molecule has 2 heterocycles. The summed E-state index contributed by atoms with van der Waals surface area (Å²) in [6, 6.07) is 14.9. The SMILES string of the molecule is Clc1cc(NC2CCOCC2)c2[nH]cc(-c3ccccc3)c2c1. The predicted molar refractivity (Wildman–Crippen MR) is 96.2 cm³/mol. The average molecular weight is 327 g/mol. The van der Waals surface area contributed by atoms with Crippen molar-refractivity contribution >= 4 is 28.2 Å². The van der Waals surface area contributed by atoms with Crippen molar-refractivity contribution in [1.82, 2.24) is 4.98 Å². The Labute approximate surface area is 140 Å². The molecule has 1 fully saturated rings. The van der Waals surface area contributed by atoms with Gasteiger partial charge in [-0.25, -0.2) is 0 Å². The number of aromatic amines is 1. The van der Waals surface area contributed by atoms with Gasteiger partial charge in [0.15, 0.2) is 0 Å². The number of ether oxygens (including phenoxy) is 1. The molecule has 4 rings (SSSR count). The van der Waals surface area contributed by atoms with E-state index in [0.29, 0.717) is 6.04 Å². The van der Waals surface area contributed by atoms with E-state index in [0.717, 1.165) is 47.7 Å². The van der Waals surface area contributed by atoms with Crippen molar-refractivity contribution in [2.24, 2.45) is 0 Å². The molecule has 0 amide bonds. The Bertz CT molecular complexity index is 807. The molecule has 4 heteroatoms. The number of rotatable bonds is 3. The molecule has 0 spiro atoms. The largest absolute Gasteiger partial charge is 0.381 e. The van der Waals surface area contributed by atoms with Gasteiger partial charge in [0.25, 0.3) is 0 Å². The maximum absolute atomic E-state index is 6.38. The molecule has 0 bridgehead atoms. The summed E-state index contributed by atoms with van der Waals surface area (Å²) in [7, 11) is 0. The minimum atomic E-state index is 0.439. The molecular formula is C19H19ClN2O. The van der Waals surface area contributed by atoms with Crippen molar-refractivity contribution in [1.29, 1.82) is 0 Å². The fraction of sp³-hybridized carbons (Fsp3) is 0.263. The van der Waals surface area contributed by atoms with Crippen LogP contribution in [-0.4, -0.2) is 24.2 Å². The number of fused-ring (bicyclic) bond motifs is 1. The second-order valence-electron chi connectivity index (χ2n) is 5.98. The molecule has 3 nitrogen and oxygen atoms in total.